The van der Waals surface area contributed by atoms with Crippen molar-refractivity contribution in [3.63, 3.8) is 0 Å². The van der Waals surface area contributed by atoms with Gasteiger partial charge in [0.2, 0.25) is 0 Å². The molecule has 146 valence electrons. The minimum Gasteiger partial charge on any atom is -0.354 e. The first-order valence-corrected chi connectivity index (χ1v) is 11.8. The van der Waals surface area contributed by atoms with E-state index in [2.05, 4.69) is 33.1 Å². The lowest BCUT2D eigenvalue weighted by molar-refractivity contribution is 0.413. The summed E-state index contributed by atoms with van der Waals surface area (Å²) in [6.45, 7) is 2.65. The van der Waals surface area contributed by atoms with E-state index in [1.165, 1.54) is 0 Å². The van der Waals surface area contributed by atoms with Crippen LogP contribution >= 0.6 is 11.3 Å². The van der Waals surface area contributed by atoms with Crippen molar-refractivity contribution < 1.29 is 4.21 Å². The molecule has 27 heavy (non-hydrogen) atoms. The summed E-state index contributed by atoms with van der Waals surface area (Å²) in [6.07, 6.45) is 4.26. The summed E-state index contributed by atoms with van der Waals surface area (Å²) in [5, 5.41) is 10.3. The summed E-state index contributed by atoms with van der Waals surface area (Å²) in [6, 6.07) is 10.6. The number of guanidine groups is 1. The van der Waals surface area contributed by atoms with Gasteiger partial charge in [0.15, 0.2) is 5.96 Å². The average Bonchev–Trinajstić information content (AvgIpc) is 3.20. The molecule has 1 saturated carbocycles. The zero-order chi connectivity index (χ0) is 19.1. The Balaban J connectivity index is 1.52. The SMILES string of the molecule is CCS(=O)C1CCCC(NC(=NC)NCc2nc(-c3ccccc3)cs2)C1. The normalized spacial score (nSPS) is 21.6. The van der Waals surface area contributed by atoms with Crippen LogP contribution < -0.4 is 10.6 Å². The highest BCUT2D eigenvalue weighted by atomic mass is 32.2. The third-order valence-electron chi connectivity index (χ3n) is 4.88. The summed E-state index contributed by atoms with van der Waals surface area (Å²) >= 11 is 1.65. The van der Waals surface area contributed by atoms with Crippen LogP contribution in [0.5, 0.6) is 0 Å². The topological polar surface area (TPSA) is 66.4 Å². The van der Waals surface area contributed by atoms with E-state index in [0.29, 0.717) is 17.8 Å². The number of rotatable bonds is 6. The lowest BCUT2D eigenvalue weighted by atomic mass is 9.95. The maximum atomic E-state index is 12.1. The van der Waals surface area contributed by atoms with E-state index in [-0.39, 0.29) is 0 Å². The minimum absolute atomic E-state index is 0.312. The van der Waals surface area contributed by atoms with Crippen molar-refractivity contribution >= 4 is 28.1 Å². The molecule has 3 atom stereocenters. The predicted molar refractivity (Wildman–Crippen MR) is 116 cm³/mol. The van der Waals surface area contributed by atoms with Crippen molar-refractivity contribution in [2.24, 2.45) is 4.99 Å². The van der Waals surface area contributed by atoms with Crippen LogP contribution in [-0.2, 0) is 17.3 Å². The van der Waals surface area contributed by atoms with Gasteiger partial charge in [-0.2, -0.15) is 0 Å². The van der Waals surface area contributed by atoms with Gasteiger partial charge >= 0.3 is 0 Å². The van der Waals surface area contributed by atoms with E-state index in [1.807, 2.05) is 25.1 Å². The van der Waals surface area contributed by atoms with Gasteiger partial charge in [0, 0.05) is 45.8 Å². The van der Waals surface area contributed by atoms with Gasteiger partial charge in [0.05, 0.1) is 12.2 Å². The van der Waals surface area contributed by atoms with Crippen molar-refractivity contribution in [1.29, 1.82) is 0 Å². The van der Waals surface area contributed by atoms with Crippen LogP contribution in [0, 0.1) is 0 Å². The molecule has 0 saturated heterocycles. The number of aromatic nitrogens is 1. The van der Waals surface area contributed by atoms with E-state index >= 15 is 0 Å². The van der Waals surface area contributed by atoms with Crippen molar-refractivity contribution in [3.05, 3.63) is 40.7 Å². The van der Waals surface area contributed by atoms with Crippen LogP contribution in [0.4, 0.5) is 0 Å². The van der Waals surface area contributed by atoms with E-state index < -0.39 is 10.8 Å². The highest BCUT2D eigenvalue weighted by Crippen LogP contribution is 2.23. The molecule has 1 heterocycles. The van der Waals surface area contributed by atoms with Crippen LogP contribution in [0.1, 0.15) is 37.6 Å². The van der Waals surface area contributed by atoms with Crippen molar-refractivity contribution in [2.75, 3.05) is 12.8 Å². The van der Waals surface area contributed by atoms with Gasteiger partial charge in [-0.3, -0.25) is 9.20 Å². The zero-order valence-corrected chi connectivity index (χ0v) is 17.6. The second kappa shape index (κ2) is 9.99. The Bertz CT molecular complexity index is 775. The van der Waals surface area contributed by atoms with Crippen LogP contribution in [0.15, 0.2) is 40.7 Å². The first-order chi connectivity index (χ1) is 13.2. The lowest BCUT2D eigenvalue weighted by Crippen LogP contribution is -2.46. The van der Waals surface area contributed by atoms with E-state index in [4.69, 9.17) is 4.98 Å². The molecule has 3 rings (SSSR count). The fourth-order valence-corrected chi connectivity index (χ4v) is 5.52. The molecule has 0 amide bonds. The Morgan fingerprint density at radius 2 is 2.15 bits per heavy atom. The van der Waals surface area contributed by atoms with E-state index in [0.717, 1.165) is 53.7 Å². The first kappa shape index (κ1) is 20.0. The van der Waals surface area contributed by atoms with Gasteiger partial charge in [-0.15, -0.1) is 11.3 Å². The quantitative estimate of drug-likeness (QED) is 0.571. The molecule has 7 heteroatoms. The van der Waals surface area contributed by atoms with E-state index in [9.17, 15) is 4.21 Å². The van der Waals surface area contributed by atoms with Gasteiger partial charge in [-0.1, -0.05) is 43.7 Å². The van der Waals surface area contributed by atoms with Crippen molar-refractivity contribution in [1.82, 2.24) is 15.6 Å². The molecule has 0 aliphatic heterocycles. The smallest absolute Gasteiger partial charge is 0.191 e. The van der Waals surface area contributed by atoms with Crippen LogP contribution in [-0.4, -0.2) is 39.2 Å². The second-order valence-electron chi connectivity index (χ2n) is 6.72. The molecule has 1 aromatic carbocycles. The van der Waals surface area contributed by atoms with Gasteiger partial charge in [0.1, 0.15) is 5.01 Å². The molecule has 0 radical (unpaired) electrons. The Labute approximate surface area is 168 Å². The maximum absolute atomic E-state index is 12.1. The highest BCUT2D eigenvalue weighted by Gasteiger charge is 2.26. The molecule has 2 N–H and O–H groups in total. The molecule has 1 fully saturated rings. The fraction of sp³-hybridized carbons (Fsp3) is 0.500. The number of nitrogens with one attached hydrogen (secondary N) is 2. The molecule has 1 aromatic heterocycles. The Hall–Kier alpha value is -1.73. The second-order valence-corrected chi connectivity index (χ2v) is 9.67. The number of thiazole rings is 1. The Kier molecular flexibility index (Phi) is 7.41. The molecule has 3 unspecified atom stereocenters. The third kappa shape index (κ3) is 5.62. The molecular formula is C20H28N4OS2. The lowest BCUT2D eigenvalue weighted by Gasteiger charge is -2.30. The third-order valence-corrected chi connectivity index (χ3v) is 7.46. The minimum atomic E-state index is -0.708. The number of aliphatic imine (C=N–C) groups is 1. The van der Waals surface area contributed by atoms with Gasteiger partial charge in [-0.25, -0.2) is 4.98 Å². The van der Waals surface area contributed by atoms with Gasteiger partial charge in [0.25, 0.3) is 0 Å². The molecule has 2 aromatic rings. The van der Waals surface area contributed by atoms with Crippen LogP contribution in [0.25, 0.3) is 11.3 Å². The largest absolute Gasteiger partial charge is 0.354 e. The molecule has 5 nitrogen and oxygen atoms in total. The zero-order valence-electron chi connectivity index (χ0n) is 16.0. The maximum Gasteiger partial charge on any atom is 0.191 e. The number of nitrogens with zero attached hydrogens (tertiary/aromatic N) is 2. The fourth-order valence-electron chi connectivity index (χ4n) is 3.43. The molecule has 1 aliphatic rings. The Morgan fingerprint density at radius 1 is 1.33 bits per heavy atom. The monoisotopic (exact) mass is 404 g/mol. The molecule has 0 spiro atoms. The van der Waals surface area contributed by atoms with Crippen molar-refractivity contribution in [3.8, 4) is 11.3 Å². The number of benzene rings is 1. The summed E-state index contributed by atoms with van der Waals surface area (Å²) in [5.74, 6) is 1.54. The first-order valence-electron chi connectivity index (χ1n) is 9.53. The van der Waals surface area contributed by atoms with Crippen LogP contribution in [0.3, 0.4) is 0 Å². The van der Waals surface area contributed by atoms with Gasteiger partial charge < -0.3 is 10.6 Å². The number of hydrogen-bond acceptors (Lipinski definition) is 4. The highest BCUT2D eigenvalue weighted by molar-refractivity contribution is 7.85. The summed E-state index contributed by atoms with van der Waals surface area (Å²) in [4.78, 5) is 9.06. The average molecular weight is 405 g/mol. The summed E-state index contributed by atoms with van der Waals surface area (Å²) in [7, 11) is 1.08. The van der Waals surface area contributed by atoms with Crippen molar-refractivity contribution in [2.45, 2.75) is 50.4 Å². The van der Waals surface area contributed by atoms with Gasteiger partial charge in [-0.05, 0) is 19.3 Å². The number of hydrogen-bond donors (Lipinski definition) is 2. The Morgan fingerprint density at radius 3 is 2.89 bits per heavy atom. The summed E-state index contributed by atoms with van der Waals surface area (Å²) < 4.78 is 12.1. The van der Waals surface area contributed by atoms with Crippen LogP contribution in [0.2, 0.25) is 0 Å². The molecular weight excluding hydrogens is 376 g/mol. The molecule has 1 aliphatic carbocycles. The molecule has 0 bridgehead atoms. The standard InChI is InChI=1S/C20H28N4OS2/c1-3-27(25)17-11-7-10-16(12-17)23-20(21-2)22-13-19-24-18(14-26-19)15-8-5-4-6-9-15/h4-6,8-9,14,16-17H,3,7,10-13H2,1-2H3,(H2,21,22,23). The van der Waals surface area contributed by atoms with E-state index in [1.54, 1.807) is 18.4 Å². The predicted octanol–water partition coefficient (Wildman–Crippen LogP) is 3.55. The summed E-state index contributed by atoms with van der Waals surface area (Å²) in [5.41, 5.74) is 2.15.